The Morgan fingerprint density at radius 2 is 2.35 bits per heavy atom. The third-order valence-corrected chi connectivity index (χ3v) is 2.63. The maximum atomic E-state index is 5.60. The van der Waals surface area contributed by atoms with Gasteiger partial charge in [0.1, 0.15) is 6.10 Å². The number of nitrogens with one attached hydrogen (secondary N) is 1. The molecule has 5 heteroatoms. The third kappa shape index (κ3) is 3.52. The molecule has 17 heavy (non-hydrogen) atoms. The first-order valence-electron chi connectivity index (χ1n) is 6.09. The molecule has 1 N–H and O–H groups in total. The molecular formula is C12H20N2O3. The molecule has 1 atom stereocenters. The molecule has 5 nitrogen and oxygen atoms in total. The summed E-state index contributed by atoms with van der Waals surface area (Å²) in [5.74, 6) is 1.42. The molecule has 0 saturated carbocycles. The highest BCUT2D eigenvalue weighted by atomic mass is 16.6. The first-order chi connectivity index (χ1) is 8.27. The molecule has 0 aliphatic carbocycles. The SMILES string of the molecule is CC(C)CNCc1ncoc1C1COCCO1. The second kappa shape index (κ2) is 6.14. The van der Waals surface area contributed by atoms with Crippen LogP contribution >= 0.6 is 0 Å². The maximum absolute atomic E-state index is 5.60. The van der Waals surface area contributed by atoms with Gasteiger partial charge in [0.15, 0.2) is 12.2 Å². The van der Waals surface area contributed by atoms with Gasteiger partial charge in [-0.1, -0.05) is 13.8 Å². The van der Waals surface area contributed by atoms with Crippen LogP contribution in [0, 0.1) is 5.92 Å². The second-order valence-electron chi connectivity index (χ2n) is 4.62. The molecule has 0 aromatic carbocycles. The first-order valence-corrected chi connectivity index (χ1v) is 6.09. The number of aromatic nitrogens is 1. The van der Waals surface area contributed by atoms with Crippen molar-refractivity contribution in [1.29, 1.82) is 0 Å². The van der Waals surface area contributed by atoms with Crippen molar-refractivity contribution in [3.05, 3.63) is 17.8 Å². The van der Waals surface area contributed by atoms with E-state index in [9.17, 15) is 0 Å². The summed E-state index contributed by atoms with van der Waals surface area (Å²) in [6, 6.07) is 0. The van der Waals surface area contributed by atoms with Crippen molar-refractivity contribution in [3.63, 3.8) is 0 Å². The van der Waals surface area contributed by atoms with Crippen LogP contribution in [-0.4, -0.2) is 31.3 Å². The molecule has 1 aromatic rings. The third-order valence-electron chi connectivity index (χ3n) is 2.63. The zero-order valence-corrected chi connectivity index (χ0v) is 10.4. The summed E-state index contributed by atoms with van der Waals surface area (Å²) in [7, 11) is 0. The molecule has 1 aliphatic rings. The highest BCUT2D eigenvalue weighted by Crippen LogP contribution is 2.23. The normalized spacial score (nSPS) is 21.0. The second-order valence-corrected chi connectivity index (χ2v) is 4.62. The van der Waals surface area contributed by atoms with Crippen LogP contribution in [0.15, 0.2) is 10.8 Å². The van der Waals surface area contributed by atoms with Gasteiger partial charge < -0.3 is 19.2 Å². The van der Waals surface area contributed by atoms with E-state index in [1.807, 2.05) is 0 Å². The molecule has 1 aliphatic heterocycles. The molecule has 0 radical (unpaired) electrons. The maximum Gasteiger partial charge on any atom is 0.181 e. The molecule has 1 saturated heterocycles. The van der Waals surface area contributed by atoms with Crippen molar-refractivity contribution in [3.8, 4) is 0 Å². The summed E-state index contributed by atoms with van der Waals surface area (Å²) in [5.41, 5.74) is 0.918. The van der Waals surface area contributed by atoms with Gasteiger partial charge in [0.25, 0.3) is 0 Å². The zero-order chi connectivity index (χ0) is 12.1. The van der Waals surface area contributed by atoms with Crippen LogP contribution in [0.25, 0.3) is 0 Å². The van der Waals surface area contributed by atoms with E-state index in [-0.39, 0.29) is 6.10 Å². The van der Waals surface area contributed by atoms with Crippen molar-refractivity contribution in [1.82, 2.24) is 10.3 Å². The molecule has 1 unspecified atom stereocenters. The monoisotopic (exact) mass is 240 g/mol. The van der Waals surface area contributed by atoms with E-state index < -0.39 is 0 Å². The van der Waals surface area contributed by atoms with Gasteiger partial charge in [0.05, 0.1) is 25.5 Å². The van der Waals surface area contributed by atoms with E-state index in [0.29, 0.717) is 32.3 Å². The average Bonchev–Trinajstić information content (AvgIpc) is 2.78. The lowest BCUT2D eigenvalue weighted by atomic mass is 10.2. The van der Waals surface area contributed by atoms with Crippen LogP contribution in [-0.2, 0) is 16.0 Å². The molecule has 1 fully saturated rings. The minimum Gasteiger partial charge on any atom is -0.445 e. The Morgan fingerprint density at radius 3 is 3.06 bits per heavy atom. The Labute approximate surface area is 102 Å². The van der Waals surface area contributed by atoms with Crippen molar-refractivity contribution in [2.45, 2.75) is 26.5 Å². The van der Waals surface area contributed by atoms with Gasteiger partial charge in [-0.05, 0) is 12.5 Å². The predicted molar refractivity (Wildman–Crippen MR) is 62.6 cm³/mol. The van der Waals surface area contributed by atoms with E-state index in [1.54, 1.807) is 0 Å². The first kappa shape index (κ1) is 12.5. The predicted octanol–water partition coefficient (Wildman–Crippen LogP) is 1.51. The number of rotatable bonds is 5. The molecule has 0 bridgehead atoms. The fraction of sp³-hybridized carbons (Fsp3) is 0.750. The fourth-order valence-electron chi connectivity index (χ4n) is 1.79. The number of hydrogen-bond acceptors (Lipinski definition) is 5. The highest BCUT2D eigenvalue weighted by molar-refractivity contribution is 5.10. The van der Waals surface area contributed by atoms with Gasteiger partial charge in [0.2, 0.25) is 0 Å². The highest BCUT2D eigenvalue weighted by Gasteiger charge is 2.23. The lowest BCUT2D eigenvalue weighted by Gasteiger charge is -2.21. The van der Waals surface area contributed by atoms with Gasteiger partial charge in [0, 0.05) is 6.54 Å². The summed E-state index contributed by atoms with van der Waals surface area (Å²) in [6.07, 6.45) is 1.36. The topological polar surface area (TPSA) is 56.5 Å². The lowest BCUT2D eigenvalue weighted by molar-refractivity contribution is -0.0980. The molecule has 0 amide bonds. The van der Waals surface area contributed by atoms with Crippen LogP contribution < -0.4 is 5.32 Å². The van der Waals surface area contributed by atoms with E-state index >= 15 is 0 Å². The Kier molecular flexibility index (Phi) is 4.53. The van der Waals surface area contributed by atoms with E-state index in [1.165, 1.54) is 6.39 Å². The Morgan fingerprint density at radius 1 is 1.47 bits per heavy atom. The molecule has 96 valence electrons. The number of nitrogens with zero attached hydrogens (tertiary/aromatic N) is 1. The van der Waals surface area contributed by atoms with Crippen LogP contribution in [0.4, 0.5) is 0 Å². The van der Waals surface area contributed by atoms with E-state index in [0.717, 1.165) is 18.0 Å². The smallest absolute Gasteiger partial charge is 0.181 e. The van der Waals surface area contributed by atoms with Crippen LogP contribution in [0.2, 0.25) is 0 Å². The molecule has 1 aromatic heterocycles. The quantitative estimate of drug-likeness (QED) is 0.845. The van der Waals surface area contributed by atoms with Crippen LogP contribution in [0.5, 0.6) is 0 Å². The number of ether oxygens (including phenoxy) is 2. The average molecular weight is 240 g/mol. The summed E-state index contributed by atoms with van der Waals surface area (Å²) in [5, 5.41) is 3.35. The molecule has 2 heterocycles. The number of hydrogen-bond donors (Lipinski definition) is 1. The minimum atomic E-state index is -0.109. The largest absolute Gasteiger partial charge is 0.445 e. The minimum absolute atomic E-state index is 0.109. The molecule has 0 spiro atoms. The van der Waals surface area contributed by atoms with Gasteiger partial charge in [-0.15, -0.1) is 0 Å². The standard InChI is InChI=1S/C12H20N2O3/c1-9(2)5-13-6-10-12(17-8-14-10)11-7-15-3-4-16-11/h8-9,11,13H,3-7H2,1-2H3. The van der Waals surface area contributed by atoms with Crippen molar-refractivity contribution in [2.75, 3.05) is 26.4 Å². The summed E-state index contributed by atoms with van der Waals surface area (Å²) in [4.78, 5) is 4.22. The Balaban J connectivity index is 1.91. The van der Waals surface area contributed by atoms with Crippen LogP contribution in [0.3, 0.4) is 0 Å². The number of oxazole rings is 1. The van der Waals surface area contributed by atoms with E-state index in [2.05, 4.69) is 24.1 Å². The summed E-state index contributed by atoms with van der Waals surface area (Å²) in [6.45, 7) is 7.85. The molecule has 2 rings (SSSR count). The Hall–Kier alpha value is -0.910. The van der Waals surface area contributed by atoms with Gasteiger partial charge in [-0.3, -0.25) is 0 Å². The summed E-state index contributed by atoms with van der Waals surface area (Å²) < 4.78 is 16.4. The molecular weight excluding hydrogens is 220 g/mol. The Bertz CT molecular complexity index is 332. The summed E-state index contributed by atoms with van der Waals surface area (Å²) >= 11 is 0. The van der Waals surface area contributed by atoms with Gasteiger partial charge in [-0.2, -0.15) is 0 Å². The van der Waals surface area contributed by atoms with Crippen molar-refractivity contribution >= 4 is 0 Å². The van der Waals surface area contributed by atoms with Crippen molar-refractivity contribution < 1.29 is 13.9 Å². The lowest BCUT2D eigenvalue weighted by Crippen LogP contribution is -2.24. The fourth-order valence-corrected chi connectivity index (χ4v) is 1.79. The van der Waals surface area contributed by atoms with Crippen molar-refractivity contribution in [2.24, 2.45) is 5.92 Å². The van der Waals surface area contributed by atoms with Crippen LogP contribution in [0.1, 0.15) is 31.4 Å². The van der Waals surface area contributed by atoms with Gasteiger partial charge in [-0.25, -0.2) is 4.98 Å². The zero-order valence-electron chi connectivity index (χ0n) is 10.4. The van der Waals surface area contributed by atoms with Gasteiger partial charge >= 0.3 is 0 Å². The van der Waals surface area contributed by atoms with E-state index in [4.69, 9.17) is 13.9 Å².